The van der Waals surface area contributed by atoms with E-state index in [0.29, 0.717) is 23.6 Å². The molecule has 1 saturated heterocycles. The summed E-state index contributed by atoms with van der Waals surface area (Å²) in [6.45, 7) is 3.15. The molecule has 2 fully saturated rings. The average Bonchev–Trinajstić information content (AvgIpc) is 3.53. The summed E-state index contributed by atoms with van der Waals surface area (Å²) in [5.41, 5.74) is 2.32. The van der Waals surface area contributed by atoms with Crippen molar-refractivity contribution in [1.82, 2.24) is 14.6 Å². The average molecular weight is 436 g/mol. The van der Waals surface area contributed by atoms with Gasteiger partial charge in [-0.2, -0.15) is 5.26 Å². The number of halogens is 1. The van der Waals surface area contributed by atoms with Crippen LogP contribution in [0.1, 0.15) is 55.0 Å². The van der Waals surface area contributed by atoms with Gasteiger partial charge in [-0.15, -0.1) is 0 Å². The molecular formula is C24H25FN4O3. The fourth-order valence-corrected chi connectivity index (χ4v) is 4.99. The molecule has 32 heavy (non-hydrogen) atoms. The van der Waals surface area contributed by atoms with Crippen molar-refractivity contribution in [2.75, 3.05) is 6.61 Å². The number of hydrogen-bond donors (Lipinski definition) is 0. The quantitative estimate of drug-likeness (QED) is 0.594. The third-order valence-corrected chi connectivity index (χ3v) is 6.74. The van der Waals surface area contributed by atoms with Crippen LogP contribution in [0.4, 0.5) is 4.39 Å². The zero-order valence-corrected chi connectivity index (χ0v) is 18.0. The predicted octanol–water partition coefficient (Wildman–Crippen LogP) is 4.66. The fraction of sp³-hybridized carbons (Fsp3) is 0.458. The van der Waals surface area contributed by atoms with Gasteiger partial charge < -0.3 is 8.98 Å². The van der Waals surface area contributed by atoms with Crippen molar-refractivity contribution in [3.63, 3.8) is 0 Å². The molecule has 1 atom stereocenters. The Labute approximate surface area is 185 Å². The van der Waals surface area contributed by atoms with E-state index in [1.807, 2.05) is 23.6 Å². The molecule has 1 amide bonds. The molecule has 1 aromatic carbocycles. The summed E-state index contributed by atoms with van der Waals surface area (Å²) in [4.78, 5) is 23.2. The van der Waals surface area contributed by atoms with Crippen LogP contribution in [-0.2, 0) is 16.2 Å². The number of aromatic nitrogens is 2. The van der Waals surface area contributed by atoms with Crippen LogP contribution in [0.5, 0.6) is 0 Å². The molecule has 0 spiro atoms. The van der Waals surface area contributed by atoms with Crippen LogP contribution >= 0.6 is 0 Å². The Bertz CT molecular complexity index is 1190. The minimum absolute atomic E-state index is 0.00906. The van der Waals surface area contributed by atoms with E-state index in [-0.39, 0.29) is 23.4 Å². The first-order chi connectivity index (χ1) is 15.5. The second-order valence-electron chi connectivity index (χ2n) is 8.84. The molecule has 3 heterocycles. The molecule has 1 aliphatic carbocycles. The summed E-state index contributed by atoms with van der Waals surface area (Å²) >= 11 is 0. The second kappa shape index (κ2) is 8.40. The molecule has 2 aromatic heterocycles. The standard InChI is InChI=1S/C24H25FN4O3/c1-15-8-19(13-31-15)22-6-7-32-29(22)24(30)17-4-2-16(3-5-17)12-28-14-27-21-9-18(11-26)20(25)10-23(21)28/h8-10,13-14,16-17,22H,2-7,12H2,1H3/t16-,17-,22-/m0/s1. The van der Waals surface area contributed by atoms with E-state index in [4.69, 9.17) is 14.5 Å². The van der Waals surface area contributed by atoms with Crippen LogP contribution in [0, 0.1) is 35.9 Å². The van der Waals surface area contributed by atoms with E-state index < -0.39 is 5.82 Å². The second-order valence-corrected chi connectivity index (χ2v) is 8.84. The molecule has 5 rings (SSSR count). The van der Waals surface area contributed by atoms with Crippen molar-refractivity contribution >= 4 is 16.9 Å². The maximum atomic E-state index is 14.1. The van der Waals surface area contributed by atoms with Crippen molar-refractivity contribution < 1.29 is 18.4 Å². The molecule has 3 aromatic rings. The van der Waals surface area contributed by atoms with Gasteiger partial charge in [-0.3, -0.25) is 9.63 Å². The number of amides is 1. The summed E-state index contributed by atoms with van der Waals surface area (Å²) in [5.74, 6) is 0.709. The molecular weight excluding hydrogens is 411 g/mol. The molecule has 0 N–H and O–H groups in total. The molecule has 0 bridgehead atoms. The summed E-state index contributed by atoms with van der Waals surface area (Å²) in [6.07, 6.45) is 7.64. The number of aryl methyl sites for hydroxylation is 1. The Hall–Kier alpha value is -3.18. The molecule has 8 heteroatoms. The predicted molar refractivity (Wildman–Crippen MR) is 113 cm³/mol. The number of carbonyl (C=O) groups excluding carboxylic acids is 1. The molecule has 0 unspecified atom stereocenters. The largest absolute Gasteiger partial charge is 0.469 e. The van der Waals surface area contributed by atoms with Crippen LogP contribution in [0.2, 0.25) is 0 Å². The number of benzene rings is 1. The van der Waals surface area contributed by atoms with Gasteiger partial charge in [0, 0.05) is 30.5 Å². The minimum atomic E-state index is -0.524. The molecule has 0 radical (unpaired) electrons. The molecule has 1 aliphatic heterocycles. The molecule has 7 nitrogen and oxygen atoms in total. The van der Waals surface area contributed by atoms with Crippen molar-refractivity contribution in [2.24, 2.45) is 11.8 Å². The highest BCUT2D eigenvalue weighted by Crippen LogP contribution is 2.37. The van der Waals surface area contributed by atoms with Gasteiger partial charge in [-0.1, -0.05) is 0 Å². The van der Waals surface area contributed by atoms with E-state index in [0.717, 1.165) is 50.0 Å². The first-order valence-electron chi connectivity index (χ1n) is 11.1. The van der Waals surface area contributed by atoms with Gasteiger partial charge in [0.2, 0.25) is 5.91 Å². The highest BCUT2D eigenvalue weighted by atomic mass is 19.1. The van der Waals surface area contributed by atoms with Crippen LogP contribution in [0.3, 0.4) is 0 Å². The number of nitriles is 1. The third kappa shape index (κ3) is 3.78. The monoisotopic (exact) mass is 436 g/mol. The summed E-state index contributed by atoms with van der Waals surface area (Å²) in [7, 11) is 0. The zero-order valence-electron chi connectivity index (χ0n) is 18.0. The van der Waals surface area contributed by atoms with Gasteiger partial charge in [0.15, 0.2) is 0 Å². The Morgan fingerprint density at radius 2 is 2.06 bits per heavy atom. The van der Waals surface area contributed by atoms with Gasteiger partial charge in [0.05, 0.1) is 41.8 Å². The number of imidazole rings is 1. The molecule has 2 aliphatic rings. The van der Waals surface area contributed by atoms with Gasteiger partial charge >= 0.3 is 0 Å². The van der Waals surface area contributed by atoms with E-state index in [1.165, 1.54) is 12.1 Å². The van der Waals surface area contributed by atoms with E-state index in [1.54, 1.807) is 17.7 Å². The number of rotatable bonds is 4. The van der Waals surface area contributed by atoms with Gasteiger partial charge in [0.1, 0.15) is 17.6 Å². The first kappa shape index (κ1) is 20.7. The Morgan fingerprint density at radius 1 is 1.25 bits per heavy atom. The lowest BCUT2D eigenvalue weighted by atomic mass is 9.81. The minimum Gasteiger partial charge on any atom is -0.469 e. The van der Waals surface area contributed by atoms with Gasteiger partial charge in [-0.25, -0.2) is 14.4 Å². The number of fused-ring (bicyclic) bond motifs is 1. The Kier molecular flexibility index (Phi) is 5.43. The lowest BCUT2D eigenvalue weighted by Gasteiger charge is -2.31. The summed E-state index contributed by atoms with van der Waals surface area (Å²) in [5, 5.41) is 10.6. The van der Waals surface area contributed by atoms with Crippen LogP contribution in [0.25, 0.3) is 11.0 Å². The summed E-state index contributed by atoms with van der Waals surface area (Å²) < 4.78 is 21.5. The summed E-state index contributed by atoms with van der Waals surface area (Å²) in [6, 6.07) is 6.62. The number of nitrogens with zero attached hydrogens (tertiary/aromatic N) is 4. The van der Waals surface area contributed by atoms with Crippen LogP contribution in [0.15, 0.2) is 35.2 Å². The van der Waals surface area contributed by atoms with Crippen LogP contribution in [-0.4, -0.2) is 27.1 Å². The van der Waals surface area contributed by atoms with Crippen molar-refractivity contribution in [3.05, 3.63) is 53.5 Å². The Morgan fingerprint density at radius 3 is 2.78 bits per heavy atom. The fourth-order valence-electron chi connectivity index (χ4n) is 4.99. The van der Waals surface area contributed by atoms with Gasteiger partial charge in [-0.05, 0) is 50.7 Å². The lowest BCUT2D eigenvalue weighted by molar-refractivity contribution is -0.183. The topological polar surface area (TPSA) is 84.3 Å². The van der Waals surface area contributed by atoms with E-state index in [2.05, 4.69) is 4.98 Å². The molecule has 166 valence electrons. The maximum Gasteiger partial charge on any atom is 0.249 e. The lowest BCUT2D eigenvalue weighted by Crippen LogP contribution is -2.36. The third-order valence-electron chi connectivity index (χ3n) is 6.74. The molecule has 1 saturated carbocycles. The highest BCUT2D eigenvalue weighted by molar-refractivity contribution is 5.79. The van der Waals surface area contributed by atoms with Crippen molar-refractivity contribution in [2.45, 2.75) is 51.6 Å². The van der Waals surface area contributed by atoms with Crippen molar-refractivity contribution in [3.8, 4) is 6.07 Å². The van der Waals surface area contributed by atoms with Crippen molar-refractivity contribution in [1.29, 1.82) is 5.26 Å². The zero-order chi connectivity index (χ0) is 22.2. The normalized spacial score (nSPS) is 23.5. The van der Waals surface area contributed by atoms with E-state index >= 15 is 0 Å². The van der Waals surface area contributed by atoms with E-state index in [9.17, 15) is 9.18 Å². The number of carbonyl (C=O) groups is 1. The maximum absolute atomic E-state index is 14.1. The van der Waals surface area contributed by atoms with Gasteiger partial charge in [0.25, 0.3) is 0 Å². The SMILES string of the molecule is Cc1cc([C@@H]2CCON2C(=O)[C@H]2CC[C@H](Cn3cnc4cc(C#N)c(F)cc43)CC2)co1. The first-order valence-corrected chi connectivity index (χ1v) is 11.1. The highest BCUT2D eigenvalue weighted by Gasteiger charge is 2.37. The smallest absolute Gasteiger partial charge is 0.249 e. The Balaban J connectivity index is 1.22. The number of hydrogen-bond acceptors (Lipinski definition) is 5. The van der Waals surface area contributed by atoms with Crippen LogP contribution < -0.4 is 0 Å². The number of furan rings is 1. The number of hydroxylamine groups is 2.